The van der Waals surface area contributed by atoms with E-state index in [0.29, 0.717) is 5.78 Å². The van der Waals surface area contributed by atoms with E-state index in [1.165, 1.54) is 32.7 Å². The fourth-order valence-electron chi connectivity index (χ4n) is 2.29. The van der Waals surface area contributed by atoms with E-state index < -0.39 is 0 Å². The second-order valence-electron chi connectivity index (χ2n) is 5.65. The molecule has 0 aromatic carbocycles. The van der Waals surface area contributed by atoms with Crippen LogP contribution >= 0.6 is 0 Å². The number of piperazine rings is 1. The van der Waals surface area contributed by atoms with Crippen LogP contribution in [0.1, 0.15) is 26.2 Å². The zero-order valence-corrected chi connectivity index (χ0v) is 12.3. The molecule has 1 aliphatic heterocycles. The maximum absolute atomic E-state index is 10.8. The lowest BCUT2D eigenvalue weighted by atomic mass is 10.2. The molecule has 0 bridgehead atoms. The zero-order chi connectivity index (χ0) is 13.4. The van der Waals surface area contributed by atoms with E-state index in [4.69, 9.17) is 0 Å². The number of likely N-dealkylation sites (N-methyl/N-ethyl adjacent to an activating group) is 1. The molecule has 1 saturated heterocycles. The van der Waals surface area contributed by atoms with Crippen molar-refractivity contribution in [1.29, 1.82) is 0 Å². The third kappa shape index (κ3) is 7.09. The van der Waals surface area contributed by atoms with Gasteiger partial charge >= 0.3 is 0 Å². The summed E-state index contributed by atoms with van der Waals surface area (Å²) in [4.78, 5) is 18.2. The fourth-order valence-corrected chi connectivity index (χ4v) is 2.29. The molecule has 1 fully saturated rings. The summed E-state index contributed by atoms with van der Waals surface area (Å²) in [5, 5.41) is 0. The van der Waals surface area contributed by atoms with Crippen molar-refractivity contribution in [3.05, 3.63) is 0 Å². The predicted octanol–water partition coefficient (Wildman–Crippen LogP) is 0.925. The fraction of sp³-hybridized carbons (Fsp3) is 0.929. The Morgan fingerprint density at radius 2 is 1.56 bits per heavy atom. The van der Waals surface area contributed by atoms with Crippen LogP contribution in [0.4, 0.5) is 0 Å². The number of rotatable bonds is 8. The molecule has 0 aromatic heterocycles. The monoisotopic (exact) mass is 255 g/mol. The van der Waals surface area contributed by atoms with Gasteiger partial charge < -0.3 is 14.6 Å². The third-order valence-electron chi connectivity index (χ3n) is 3.58. The molecule has 0 radical (unpaired) electrons. The Balaban J connectivity index is 2.03. The molecule has 106 valence electrons. The normalized spacial score (nSPS) is 18.4. The highest BCUT2D eigenvalue weighted by Gasteiger charge is 2.15. The summed E-state index contributed by atoms with van der Waals surface area (Å²) in [5.41, 5.74) is 0. The first-order valence-electron chi connectivity index (χ1n) is 7.17. The summed E-state index contributed by atoms with van der Waals surface area (Å²) in [6.07, 6.45) is 2.97. The first-order valence-corrected chi connectivity index (χ1v) is 7.17. The highest BCUT2D eigenvalue weighted by atomic mass is 16.1. The number of hydrogen-bond acceptors (Lipinski definition) is 4. The van der Waals surface area contributed by atoms with Gasteiger partial charge in [0.2, 0.25) is 0 Å². The lowest BCUT2D eigenvalue weighted by Crippen LogP contribution is -2.48. The first-order chi connectivity index (χ1) is 8.58. The Hall–Kier alpha value is -0.450. The number of Topliss-reactive ketones (excluding diaryl/α,β-unsaturated/α-hetero) is 1. The Labute approximate surface area is 112 Å². The largest absolute Gasteiger partial charge is 0.308 e. The quantitative estimate of drug-likeness (QED) is 0.603. The van der Waals surface area contributed by atoms with Crippen molar-refractivity contribution < 1.29 is 4.79 Å². The molecular weight excluding hydrogens is 226 g/mol. The van der Waals surface area contributed by atoms with Crippen molar-refractivity contribution in [3.63, 3.8) is 0 Å². The van der Waals surface area contributed by atoms with Crippen molar-refractivity contribution in [2.24, 2.45) is 0 Å². The van der Waals surface area contributed by atoms with Gasteiger partial charge in [-0.1, -0.05) is 0 Å². The Morgan fingerprint density at radius 1 is 1.00 bits per heavy atom. The molecule has 4 nitrogen and oxygen atoms in total. The predicted molar refractivity (Wildman–Crippen MR) is 76.0 cm³/mol. The molecule has 1 rings (SSSR count). The number of nitrogens with zero attached hydrogens (tertiary/aromatic N) is 3. The van der Waals surface area contributed by atoms with Gasteiger partial charge in [0.1, 0.15) is 5.78 Å². The standard InChI is InChI=1S/C14H29N3O/c1-14(18)6-4-5-7-16-10-12-17(13-11-16)9-8-15(2)3/h4-13H2,1-3H3. The summed E-state index contributed by atoms with van der Waals surface area (Å²) in [7, 11) is 4.26. The van der Waals surface area contributed by atoms with E-state index in [9.17, 15) is 4.79 Å². The van der Waals surface area contributed by atoms with Gasteiger partial charge in [0.15, 0.2) is 0 Å². The van der Waals surface area contributed by atoms with Gasteiger partial charge in [-0.2, -0.15) is 0 Å². The molecule has 0 amide bonds. The maximum Gasteiger partial charge on any atom is 0.129 e. The summed E-state index contributed by atoms with van der Waals surface area (Å²) < 4.78 is 0. The summed E-state index contributed by atoms with van der Waals surface area (Å²) in [5.74, 6) is 0.323. The molecule has 0 atom stereocenters. The number of hydrogen-bond donors (Lipinski definition) is 0. The SMILES string of the molecule is CC(=O)CCCCN1CCN(CCN(C)C)CC1. The average Bonchev–Trinajstić information content (AvgIpc) is 2.33. The first kappa shape index (κ1) is 15.6. The molecule has 0 spiro atoms. The van der Waals surface area contributed by atoms with Crippen molar-refractivity contribution in [2.45, 2.75) is 26.2 Å². The van der Waals surface area contributed by atoms with Gasteiger partial charge in [-0.3, -0.25) is 4.90 Å². The van der Waals surface area contributed by atoms with Gasteiger partial charge in [0, 0.05) is 45.7 Å². The number of ketones is 1. The van der Waals surface area contributed by atoms with E-state index in [-0.39, 0.29) is 0 Å². The molecular formula is C14H29N3O. The number of unbranched alkanes of at least 4 members (excludes halogenated alkanes) is 1. The Morgan fingerprint density at radius 3 is 2.06 bits per heavy atom. The van der Waals surface area contributed by atoms with E-state index in [0.717, 1.165) is 32.4 Å². The smallest absolute Gasteiger partial charge is 0.129 e. The van der Waals surface area contributed by atoms with E-state index in [1.807, 2.05) is 0 Å². The van der Waals surface area contributed by atoms with E-state index in [1.54, 1.807) is 6.92 Å². The minimum atomic E-state index is 0.323. The molecule has 18 heavy (non-hydrogen) atoms. The molecule has 1 aliphatic rings. The van der Waals surface area contributed by atoms with Crippen LogP contribution in [-0.4, -0.2) is 80.4 Å². The summed E-state index contributed by atoms with van der Waals surface area (Å²) in [6.45, 7) is 9.95. The Bertz CT molecular complexity index is 235. The van der Waals surface area contributed by atoms with Crippen LogP contribution in [0, 0.1) is 0 Å². The average molecular weight is 255 g/mol. The summed E-state index contributed by atoms with van der Waals surface area (Å²) >= 11 is 0. The molecule has 0 unspecified atom stereocenters. The lowest BCUT2D eigenvalue weighted by molar-refractivity contribution is -0.117. The van der Waals surface area contributed by atoms with Crippen LogP contribution in [0.25, 0.3) is 0 Å². The van der Waals surface area contributed by atoms with Crippen LogP contribution in [0.3, 0.4) is 0 Å². The Kier molecular flexibility index (Phi) is 7.47. The molecule has 0 N–H and O–H groups in total. The van der Waals surface area contributed by atoms with Crippen LogP contribution in [0.5, 0.6) is 0 Å². The van der Waals surface area contributed by atoms with Gasteiger partial charge in [0.05, 0.1) is 0 Å². The van der Waals surface area contributed by atoms with Crippen molar-refractivity contribution >= 4 is 5.78 Å². The number of carbonyl (C=O) groups is 1. The molecule has 0 aliphatic carbocycles. The van der Waals surface area contributed by atoms with Crippen molar-refractivity contribution in [1.82, 2.24) is 14.7 Å². The van der Waals surface area contributed by atoms with Crippen LogP contribution in [0.2, 0.25) is 0 Å². The molecule has 4 heteroatoms. The zero-order valence-electron chi connectivity index (χ0n) is 12.3. The van der Waals surface area contributed by atoms with E-state index in [2.05, 4.69) is 28.8 Å². The van der Waals surface area contributed by atoms with Gasteiger partial charge in [-0.15, -0.1) is 0 Å². The minimum Gasteiger partial charge on any atom is -0.308 e. The van der Waals surface area contributed by atoms with Crippen molar-refractivity contribution in [2.75, 3.05) is 59.9 Å². The maximum atomic E-state index is 10.8. The highest BCUT2D eigenvalue weighted by Crippen LogP contribution is 2.05. The minimum absolute atomic E-state index is 0.323. The van der Waals surface area contributed by atoms with Gasteiger partial charge in [-0.25, -0.2) is 0 Å². The van der Waals surface area contributed by atoms with Gasteiger partial charge in [-0.05, 0) is 40.4 Å². The van der Waals surface area contributed by atoms with E-state index >= 15 is 0 Å². The number of carbonyl (C=O) groups excluding carboxylic acids is 1. The topological polar surface area (TPSA) is 26.8 Å². The van der Waals surface area contributed by atoms with Crippen molar-refractivity contribution in [3.8, 4) is 0 Å². The second-order valence-corrected chi connectivity index (χ2v) is 5.65. The van der Waals surface area contributed by atoms with Crippen LogP contribution < -0.4 is 0 Å². The summed E-state index contributed by atoms with van der Waals surface area (Å²) in [6, 6.07) is 0. The third-order valence-corrected chi connectivity index (χ3v) is 3.58. The van der Waals surface area contributed by atoms with Gasteiger partial charge in [0.25, 0.3) is 0 Å². The lowest BCUT2D eigenvalue weighted by Gasteiger charge is -2.35. The second kappa shape index (κ2) is 8.62. The molecule has 0 aromatic rings. The molecule has 0 saturated carbocycles. The molecule has 1 heterocycles. The highest BCUT2D eigenvalue weighted by molar-refractivity contribution is 5.75. The van der Waals surface area contributed by atoms with Crippen LogP contribution in [-0.2, 0) is 4.79 Å². The van der Waals surface area contributed by atoms with Crippen LogP contribution in [0.15, 0.2) is 0 Å².